The Bertz CT molecular complexity index is 469. The van der Waals surface area contributed by atoms with Crippen molar-refractivity contribution in [1.29, 1.82) is 0 Å². The minimum atomic E-state index is 0. The fraction of sp³-hybridized carbons (Fsp3) is 0.500. The second kappa shape index (κ2) is 18.2. The summed E-state index contributed by atoms with van der Waals surface area (Å²) in [5.74, 6) is 0. The van der Waals surface area contributed by atoms with E-state index < -0.39 is 0 Å². The van der Waals surface area contributed by atoms with Gasteiger partial charge in [0.05, 0.1) is 0 Å². The van der Waals surface area contributed by atoms with Gasteiger partial charge in [0.15, 0.2) is 0 Å². The van der Waals surface area contributed by atoms with Crippen LogP contribution in [0.25, 0.3) is 0 Å². The van der Waals surface area contributed by atoms with E-state index in [0.29, 0.717) is 0 Å². The Morgan fingerprint density at radius 2 is 1.00 bits per heavy atom. The second-order valence-corrected chi connectivity index (χ2v) is 6.92. The number of aryl methyl sites for hydroxylation is 6. The van der Waals surface area contributed by atoms with Crippen molar-refractivity contribution in [3.8, 4) is 0 Å². The molecule has 0 heterocycles. The van der Waals surface area contributed by atoms with Gasteiger partial charge in [-0.1, -0.05) is 67.5 Å². The maximum absolute atomic E-state index is 2.26. The van der Waals surface area contributed by atoms with Crippen molar-refractivity contribution >= 4 is 9.52 Å². The molecule has 0 unspecified atom stereocenters. The van der Waals surface area contributed by atoms with Crippen LogP contribution in [0, 0.1) is 27.7 Å². The second-order valence-electron chi connectivity index (χ2n) is 5.77. The average molecular weight is 464 g/mol. The molecule has 0 amide bonds. The van der Waals surface area contributed by atoms with E-state index in [1.54, 1.807) is 0 Å². The molecule has 0 fully saturated rings. The third-order valence-corrected chi connectivity index (χ3v) is 3.47. The molecule has 0 N–H and O–H groups in total. The summed E-state index contributed by atoms with van der Waals surface area (Å²) < 4.78 is 0. The zero-order valence-electron chi connectivity index (χ0n) is 16.6. The number of hydrogen-bond acceptors (Lipinski definition) is 0. The van der Waals surface area contributed by atoms with Crippen LogP contribution in [0.4, 0.5) is 0 Å². The first-order valence-corrected chi connectivity index (χ1v) is 10.4. The van der Waals surface area contributed by atoms with E-state index in [9.17, 15) is 0 Å². The van der Waals surface area contributed by atoms with Gasteiger partial charge in [-0.2, -0.15) is 45.5 Å². The van der Waals surface area contributed by atoms with E-state index in [2.05, 4.69) is 78.9 Å². The van der Waals surface area contributed by atoms with E-state index in [1.807, 2.05) is 0 Å². The van der Waals surface area contributed by atoms with Gasteiger partial charge in [0, 0.05) is 9.52 Å². The molecule has 0 aliphatic carbocycles. The standard InChI is InChI=1S/2C9H13.C2H7Si.2ClH.Zr/c2*1-4-9-6-7(2)5-8(9)3;1-3-2;;;/h2*5-6H,4H2,1-3H3;3H,1-2H3;2*1H;/q2*-1;;;;+4/p-2. The summed E-state index contributed by atoms with van der Waals surface area (Å²) in [7, 11) is 0.750. The summed E-state index contributed by atoms with van der Waals surface area (Å²) in [6, 6.07) is 8.99. The number of rotatable bonds is 2. The summed E-state index contributed by atoms with van der Waals surface area (Å²) in [6.07, 6.45) is 2.33. The number of hydrogen-bond donors (Lipinski definition) is 0. The van der Waals surface area contributed by atoms with Crippen LogP contribution in [0.5, 0.6) is 0 Å². The zero-order valence-corrected chi connectivity index (χ0v) is 21.7. The molecule has 0 atom stereocenters. The summed E-state index contributed by atoms with van der Waals surface area (Å²) in [4.78, 5) is 0. The zero-order chi connectivity index (χ0) is 16.4. The normalized spacial score (nSPS) is 8.33. The summed E-state index contributed by atoms with van der Waals surface area (Å²) in [5, 5.41) is 0. The molecular weight excluding hydrogens is 430 g/mol. The molecule has 2 rings (SSSR count). The molecule has 0 saturated carbocycles. The Labute approximate surface area is 184 Å². The molecule has 0 aliphatic heterocycles. The van der Waals surface area contributed by atoms with Crippen LogP contribution in [0.15, 0.2) is 24.3 Å². The average Bonchev–Trinajstić information content (AvgIpc) is 2.92. The van der Waals surface area contributed by atoms with Gasteiger partial charge in [-0.3, -0.25) is 0 Å². The molecule has 0 saturated heterocycles. The topological polar surface area (TPSA) is 0 Å². The fourth-order valence-electron chi connectivity index (χ4n) is 2.49. The molecular formula is C20H33Cl2SiZr. The molecule has 135 valence electrons. The molecule has 0 spiro atoms. The van der Waals surface area contributed by atoms with Gasteiger partial charge in [0.2, 0.25) is 0 Å². The Kier molecular flexibility index (Phi) is 24.3. The predicted octanol–water partition coefficient (Wildman–Crippen LogP) is -0.306. The van der Waals surface area contributed by atoms with Gasteiger partial charge in [0.1, 0.15) is 0 Å². The predicted molar refractivity (Wildman–Crippen MR) is 101 cm³/mol. The van der Waals surface area contributed by atoms with Crippen molar-refractivity contribution < 1.29 is 51.0 Å². The van der Waals surface area contributed by atoms with Gasteiger partial charge in [-0.05, 0) is 0 Å². The van der Waals surface area contributed by atoms with E-state index >= 15 is 0 Å². The van der Waals surface area contributed by atoms with Crippen molar-refractivity contribution in [3.05, 3.63) is 57.6 Å². The third-order valence-electron chi connectivity index (χ3n) is 3.47. The SMILES string of the molecule is CCc1[cH-]c(C)cc1C.CCc1[cH-]c(C)cc1C.C[SiH]C.[Cl-].[Cl-].[Zr+4]. The maximum Gasteiger partial charge on any atom is 4.00 e. The van der Waals surface area contributed by atoms with Gasteiger partial charge in [-0.15, -0.1) is 0 Å². The van der Waals surface area contributed by atoms with Crippen LogP contribution in [-0.2, 0) is 39.0 Å². The van der Waals surface area contributed by atoms with Crippen molar-refractivity contribution in [2.24, 2.45) is 0 Å². The Hall–Kier alpha value is 0.380. The molecule has 24 heavy (non-hydrogen) atoms. The molecule has 4 heteroatoms. The van der Waals surface area contributed by atoms with Crippen molar-refractivity contribution in [2.75, 3.05) is 0 Å². The van der Waals surface area contributed by atoms with Crippen LogP contribution in [0.1, 0.15) is 47.2 Å². The van der Waals surface area contributed by atoms with Gasteiger partial charge >= 0.3 is 26.2 Å². The van der Waals surface area contributed by atoms with Crippen LogP contribution < -0.4 is 24.8 Å². The van der Waals surface area contributed by atoms with E-state index in [1.165, 1.54) is 46.2 Å². The number of halogens is 2. The largest absolute Gasteiger partial charge is 4.00 e. The van der Waals surface area contributed by atoms with Gasteiger partial charge in [0.25, 0.3) is 0 Å². The fourth-order valence-corrected chi connectivity index (χ4v) is 2.49. The van der Waals surface area contributed by atoms with Crippen molar-refractivity contribution in [2.45, 2.75) is 67.5 Å². The van der Waals surface area contributed by atoms with Crippen LogP contribution in [-0.4, -0.2) is 9.52 Å². The summed E-state index contributed by atoms with van der Waals surface area (Å²) in [6.45, 7) is 17.4. The Morgan fingerprint density at radius 3 is 1.08 bits per heavy atom. The van der Waals surface area contributed by atoms with Gasteiger partial charge < -0.3 is 24.8 Å². The van der Waals surface area contributed by atoms with Crippen LogP contribution >= 0.6 is 0 Å². The van der Waals surface area contributed by atoms with Gasteiger partial charge in [-0.25, -0.2) is 12.1 Å². The minimum absolute atomic E-state index is 0. The molecule has 2 aromatic carbocycles. The smallest absolute Gasteiger partial charge is 1.00 e. The molecule has 0 aromatic heterocycles. The molecule has 2 aromatic rings. The molecule has 0 bridgehead atoms. The minimum Gasteiger partial charge on any atom is -1.00 e. The van der Waals surface area contributed by atoms with E-state index in [0.717, 1.165) is 9.52 Å². The molecule has 1 radical (unpaired) electrons. The summed E-state index contributed by atoms with van der Waals surface area (Å²) >= 11 is 0. The van der Waals surface area contributed by atoms with Crippen molar-refractivity contribution in [1.82, 2.24) is 0 Å². The van der Waals surface area contributed by atoms with E-state index in [4.69, 9.17) is 0 Å². The first-order valence-electron chi connectivity index (χ1n) is 8.09. The maximum atomic E-state index is 2.26. The first-order chi connectivity index (χ1) is 9.89. The summed E-state index contributed by atoms with van der Waals surface area (Å²) in [5.41, 5.74) is 8.65. The Balaban J connectivity index is -0.000000130. The van der Waals surface area contributed by atoms with E-state index in [-0.39, 0.29) is 51.0 Å². The quantitative estimate of drug-likeness (QED) is 0.424. The third kappa shape index (κ3) is 12.7. The Morgan fingerprint density at radius 1 is 0.750 bits per heavy atom. The molecule has 0 aliphatic rings. The van der Waals surface area contributed by atoms with Crippen LogP contribution in [0.2, 0.25) is 13.1 Å². The first kappa shape index (κ1) is 32.1. The monoisotopic (exact) mass is 461 g/mol. The van der Waals surface area contributed by atoms with Crippen molar-refractivity contribution in [3.63, 3.8) is 0 Å². The molecule has 0 nitrogen and oxygen atoms in total. The van der Waals surface area contributed by atoms with Crippen LogP contribution in [0.3, 0.4) is 0 Å².